The Hall–Kier alpha value is -2.85. The fraction of sp³-hybridized carbons (Fsp3) is 0.333. The van der Waals surface area contributed by atoms with E-state index in [1.807, 2.05) is 4.90 Å². The average Bonchev–Trinajstić information content (AvgIpc) is 3.27. The first-order valence-corrected chi connectivity index (χ1v) is 11.0. The maximum absolute atomic E-state index is 13.8. The van der Waals surface area contributed by atoms with E-state index in [1.54, 1.807) is 0 Å². The highest BCUT2D eigenvalue weighted by atomic mass is 32.2. The Bertz CT molecular complexity index is 1110. The minimum absolute atomic E-state index is 0.0164. The van der Waals surface area contributed by atoms with Crippen LogP contribution >= 0.6 is 0 Å². The topological polar surface area (TPSA) is 84.0 Å². The molecule has 0 radical (unpaired) electrons. The van der Waals surface area contributed by atoms with Crippen molar-refractivity contribution < 1.29 is 31.5 Å². The fourth-order valence-electron chi connectivity index (χ4n) is 3.28. The van der Waals surface area contributed by atoms with Crippen molar-refractivity contribution >= 4 is 27.5 Å². The van der Waals surface area contributed by atoms with E-state index in [-0.39, 0.29) is 10.5 Å². The van der Waals surface area contributed by atoms with Crippen LogP contribution in [0.25, 0.3) is 0 Å². The number of anilines is 1. The third kappa shape index (κ3) is 4.91. The number of Topliss-reactive ketones (excluding diaryl/α,β-unsaturated/α-hetero) is 1. The van der Waals surface area contributed by atoms with Gasteiger partial charge >= 0.3 is 5.97 Å². The van der Waals surface area contributed by atoms with Crippen LogP contribution in [0, 0.1) is 11.6 Å². The van der Waals surface area contributed by atoms with Crippen LogP contribution in [0.5, 0.6) is 0 Å². The Morgan fingerprint density at radius 2 is 1.71 bits per heavy atom. The summed E-state index contributed by atoms with van der Waals surface area (Å²) in [5, 5.41) is 0. The van der Waals surface area contributed by atoms with Gasteiger partial charge in [0.1, 0.15) is 11.6 Å². The number of sulfonamides is 1. The van der Waals surface area contributed by atoms with E-state index in [0.29, 0.717) is 18.8 Å². The van der Waals surface area contributed by atoms with Gasteiger partial charge in [-0.25, -0.2) is 26.3 Å². The van der Waals surface area contributed by atoms with Crippen molar-refractivity contribution in [2.45, 2.75) is 17.7 Å². The Balaban J connectivity index is 1.88. The molecule has 2 aromatic rings. The number of benzene rings is 2. The number of carbonyl (C=O) groups excluding carboxylic acids is 2. The molecular formula is C21H22F2N2O5S. The van der Waals surface area contributed by atoms with Crippen LogP contribution < -0.4 is 4.90 Å². The molecular weight excluding hydrogens is 430 g/mol. The predicted octanol–water partition coefficient (Wildman–Crippen LogP) is 2.86. The molecule has 1 fully saturated rings. The molecule has 0 N–H and O–H groups in total. The summed E-state index contributed by atoms with van der Waals surface area (Å²) in [5.74, 6) is -3.57. The predicted molar refractivity (Wildman–Crippen MR) is 110 cm³/mol. The SMILES string of the molecule is CN(C)S(=O)(=O)c1ccc(N2CCCC2)c(C(=O)OCC(=O)c2cc(F)ccc2F)c1. The third-order valence-electron chi connectivity index (χ3n) is 4.98. The van der Waals surface area contributed by atoms with Gasteiger partial charge in [0, 0.05) is 27.2 Å². The molecule has 0 unspecified atom stereocenters. The Labute approximate surface area is 179 Å². The summed E-state index contributed by atoms with van der Waals surface area (Å²) in [6.45, 7) is 0.560. The van der Waals surface area contributed by atoms with E-state index in [9.17, 15) is 26.8 Å². The van der Waals surface area contributed by atoms with Gasteiger partial charge in [-0.15, -0.1) is 0 Å². The summed E-state index contributed by atoms with van der Waals surface area (Å²) in [6, 6.07) is 6.56. The van der Waals surface area contributed by atoms with Crippen LogP contribution in [-0.2, 0) is 14.8 Å². The van der Waals surface area contributed by atoms with E-state index < -0.39 is 45.6 Å². The lowest BCUT2D eigenvalue weighted by molar-refractivity contribution is 0.0474. The molecule has 10 heteroatoms. The molecule has 31 heavy (non-hydrogen) atoms. The van der Waals surface area contributed by atoms with Crippen molar-refractivity contribution in [1.82, 2.24) is 4.31 Å². The first kappa shape index (κ1) is 22.8. The minimum Gasteiger partial charge on any atom is -0.454 e. The van der Waals surface area contributed by atoms with E-state index in [4.69, 9.17) is 4.74 Å². The number of halogens is 2. The molecule has 7 nitrogen and oxygen atoms in total. The highest BCUT2D eigenvalue weighted by Crippen LogP contribution is 2.29. The molecule has 1 saturated heterocycles. The highest BCUT2D eigenvalue weighted by Gasteiger charge is 2.26. The number of esters is 1. The van der Waals surface area contributed by atoms with Crippen LogP contribution in [0.15, 0.2) is 41.3 Å². The number of ketones is 1. The monoisotopic (exact) mass is 452 g/mol. The van der Waals surface area contributed by atoms with Crippen molar-refractivity contribution in [1.29, 1.82) is 0 Å². The smallest absolute Gasteiger partial charge is 0.340 e. The van der Waals surface area contributed by atoms with Crippen molar-refractivity contribution in [3.63, 3.8) is 0 Å². The third-order valence-corrected chi connectivity index (χ3v) is 6.79. The second-order valence-electron chi connectivity index (χ2n) is 7.28. The summed E-state index contributed by atoms with van der Waals surface area (Å²) in [4.78, 5) is 26.8. The van der Waals surface area contributed by atoms with Gasteiger partial charge in [-0.05, 0) is 49.2 Å². The minimum atomic E-state index is -3.81. The Morgan fingerprint density at radius 1 is 1.03 bits per heavy atom. The molecule has 1 aliphatic rings. The number of nitrogens with zero attached hydrogens (tertiary/aromatic N) is 2. The maximum Gasteiger partial charge on any atom is 0.340 e. The van der Waals surface area contributed by atoms with Crippen LogP contribution in [0.2, 0.25) is 0 Å². The van der Waals surface area contributed by atoms with Gasteiger partial charge < -0.3 is 9.64 Å². The molecule has 1 heterocycles. The van der Waals surface area contributed by atoms with Gasteiger partial charge in [-0.3, -0.25) is 4.79 Å². The zero-order chi connectivity index (χ0) is 22.8. The maximum atomic E-state index is 13.8. The second-order valence-corrected chi connectivity index (χ2v) is 9.44. The zero-order valence-corrected chi connectivity index (χ0v) is 17.9. The quantitative estimate of drug-likeness (QED) is 0.475. The van der Waals surface area contributed by atoms with E-state index in [1.165, 1.54) is 32.3 Å². The molecule has 3 rings (SSSR count). The van der Waals surface area contributed by atoms with Gasteiger partial charge in [-0.1, -0.05) is 0 Å². The van der Waals surface area contributed by atoms with Crippen molar-refractivity contribution in [2.75, 3.05) is 38.7 Å². The molecule has 0 atom stereocenters. The average molecular weight is 452 g/mol. The van der Waals surface area contributed by atoms with Gasteiger partial charge in [-0.2, -0.15) is 0 Å². The molecule has 2 aromatic carbocycles. The van der Waals surface area contributed by atoms with Crippen molar-refractivity contribution in [3.8, 4) is 0 Å². The standard InChI is InChI=1S/C21H22F2N2O5S/c1-24(2)31(28,29)15-6-8-19(25-9-3-4-10-25)17(12-15)21(27)30-13-20(26)16-11-14(22)5-7-18(16)23/h5-8,11-12H,3-4,9-10,13H2,1-2H3. The molecule has 0 aliphatic carbocycles. The Kier molecular flexibility index (Phi) is 6.71. The number of carbonyl (C=O) groups is 2. The zero-order valence-electron chi connectivity index (χ0n) is 17.1. The summed E-state index contributed by atoms with van der Waals surface area (Å²) in [6.07, 6.45) is 1.84. The van der Waals surface area contributed by atoms with E-state index in [0.717, 1.165) is 35.3 Å². The van der Waals surface area contributed by atoms with Gasteiger partial charge in [0.25, 0.3) is 0 Å². The van der Waals surface area contributed by atoms with Crippen LogP contribution in [0.4, 0.5) is 14.5 Å². The van der Waals surface area contributed by atoms with E-state index >= 15 is 0 Å². The largest absolute Gasteiger partial charge is 0.454 e. The van der Waals surface area contributed by atoms with Crippen LogP contribution in [-0.4, -0.2) is 58.3 Å². The lowest BCUT2D eigenvalue weighted by Crippen LogP contribution is -2.25. The summed E-state index contributed by atoms with van der Waals surface area (Å²) < 4.78 is 58.2. The summed E-state index contributed by atoms with van der Waals surface area (Å²) >= 11 is 0. The number of hydrogen-bond acceptors (Lipinski definition) is 6. The number of ether oxygens (including phenoxy) is 1. The van der Waals surface area contributed by atoms with Gasteiger partial charge in [0.2, 0.25) is 15.8 Å². The summed E-state index contributed by atoms with van der Waals surface area (Å²) in [7, 11) is -1.07. The highest BCUT2D eigenvalue weighted by molar-refractivity contribution is 7.89. The van der Waals surface area contributed by atoms with Gasteiger partial charge in [0.05, 0.1) is 21.7 Å². The summed E-state index contributed by atoms with van der Waals surface area (Å²) in [5.41, 5.74) is -0.0570. The normalized spacial score (nSPS) is 14.2. The molecule has 166 valence electrons. The second kappa shape index (κ2) is 9.11. The van der Waals surface area contributed by atoms with Crippen LogP contribution in [0.3, 0.4) is 0 Å². The molecule has 0 amide bonds. The van der Waals surface area contributed by atoms with Crippen LogP contribution in [0.1, 0.15) is 33.6 Å². The first-order valence-electron chi connectivity index (χ1n) is 9.58. The fourth-order valence-corrected chi connectivity index (χ4v) is 4.21. The van der Waals surface area contributed by atoms with Crippen molar-refractivity contribution in [3.05, 3.63) is 59.2 Å². The molecule has 0 aromatic heterocycles. The Morgan fingerprint density at radius 3 is 2.35 bits per heavy atom. The number of hydrogen-bond donors (Lipinski definition) is 0. The molecule has 0 spiro atoms. The lowest BCUT2D eigenvalue weighted by Gasteiger charge is -2.22. The number of rotatable bonds is 7. The lowest BCUT2D eigenvalue weighted by atomic mass is 10.1. The molecule has 1 aliphatic heterocycles. The van der Waals surface area contributed by atoms with Crippen molar-refractivity contribution in [2.24, 2.45) is 0 Å². The molecule has 0 saturated carbocycles. The molecule has 0 bridgehead atoms. The first-order chi connectivity index (χ1) is 14.6. The van der Waals surface area contributed by atoms with Gasteiger partial charge in [0.15, 0.2) is 6.61 Å². The van der Waals surface area contributed by atoms with E-state index in [2.05, 4.69) is 0 Å².